The summed E-state index contributed by atoms with van der Waals surface area (Å²) >= 11 is 5.96. The van der Waals surface area contributed by atoms with Crippen molar-refractivity contribution < 1.29 is 15.0 Å². The van der Waals surface area contributed by atoms with Crippen molar-refractivity contribution >= 4 is 28.4 Å². The van der Waals surface area contributed by atoms with Gasteiger partial charge in [0.25, 0.3) is 5.56 Å². The summed E-state index contributed by atoms with van der Waals surface area (Å²) in [4.78, 5) is 31.3. The Bertz CT molecular complexity index is 1140. The molecule has 162 valence electrons. The van der Waals surface area contributed by atoms with E-state index in [9.17, 15) is 19.8 Å². The van der Waals surface area contributed by atoms with Gasteiger partial charge < -0.3 is 15.1 Å². The van der Waals surface area contributed by atoms with Gasteiger partial charge in [0.05, 0.1) is 41.9 Å². The highest BCUT2D eigenvalue weighted by Gasteiger charge is 2.35. The van der Waals surface area contributed by atoms with Crippen LogP contribution in [0.5, 0.6) is 0 Å². The maximum atomic E-state index is 12.8. The molecule has 1 amide bonds. The molecule has 0 unspecified atom stereocenters. The molecule has 8 heteroatoms. The average molecular weight is 442 g/mol. The highest BCUT2D eigenvalue weighted by Crippen LogP contribution is 2.26. The second-order valence-electron chi connectivity index (χ2n) is 8.07. The third kappa shape index (κ3) is 4.79. The van der Waals surface area contributed by atoms with Crippen molar-refractivity contribution in [2.45, 2.75) is 37.5 Å². The van der Waals surface area contributed by atoms with Crippen LogP contribution in [0, 0.1) is 0 Å². The first-order valence-corrected chi connectivity index (χ1v) is 10.6. The van der Waals surface area contributed by atoms with Crippen molar-refractivity contribution in [3.63, 3.8) is 0 Å². The Hall–Kier alpha value is -2.74. The molecule has 1 aliphatic heterocycles. The molecule has 1 saturated heterocycles. The SMILES string of the molecule is O=C(C[C@H](O)c1ccccc1)N1CCC(O)(Cn2cnc3cc(Cl)ccc3c2=O)CC1. The zero-order valence-electron chi connectivity index (χ0n) is 16.9. The number of fused-ring (bicyclic) bond motifs is 1. The third-order valence-corrected chi connectivity index (χ3v) is 6.09. The van der Waals surface area contributed by atoms with Gasteiger partial charge >= 0.3 is 0 Å². The number of aromatic nitrogens is 2. The minimum atomic E-state index is -1.11. The van der Waals surface area contributed by atoms with Gasteiger partial charge in [-0.2, -0.15) is 0 Å². The minimum absolute atomic E-state index is 0.000938. The fraction of sp³-hybridized carbons (Fsp3) is 0.348. The van der Waals surface area contributed by atoms with E-state index in [0.717, 1.165) is 0 Å². The number of piperidine rings is 1. The standard InChI is InChI=1S/C23H24ClN3O4/c24-17-6-7-18-19(12-17)25-15-27(22(18)30)14-23(31)8-10-26(11-9-23)21(29)13-20(28)16-4-2-1-3-5-16/h1-7,12,15,20,28,31H,8-11,13-14H2/t20-/m0/s1. The number of rotatable bonds is 5. The van der Waals surface area contributed by atoms with Gasteiger partial charge in [0.15, 0.2) is 0 Å². The average Bonchev–Trinajstić information content (AvgIpc) is 2.76. The molecular weight excluding hydrogens is 418 g/mol. The van der Waals surface area contributed by atoms with E-state index in [2.05, 4.69) is 4.98 Å². The Kier molecular flexibility index (Phi) is 6.09. The van der Waals surface area contributed by atoms with Gasteiger partial charge in [-0.25, -0.2) is 4.98 Å². The van der Waals surface area contributed by atoms with Crippen LogP contribution in [0.2, 0.25) is 5.02 Å². The summed E-state index contributed by atoms with van der Waals surface area (Å²) < 4.78 is 1.41. The molecule has 2 aromatic carbocycles. The molecule has 4 rings (SSSR count). The number of hydrogen-bond acceptors (Lipinski definition) is 5. The van der Waals surface area contributed by atoms with Crippen molar-refractivity contribution in [3.8, 4) is 0 Å². The molecule has 2 N–H and O–H groups in total. The Labute approximate surface area is 184 Å². The minimum Gasteiger partial charge on any atom is -0.388 e. The maximum absolute atomic E-state index is 12.8. The zero-order valence-corrected chi connectivity index (χ0v) is 17.7. The molecule has 3 aromatic rings. The highest BCUT2D eigenvalue weighted by molar-refractivity contribution is 6.31. The predicted octanol–water partition coefficient (Wildman–Crippen LogP) is 2.53. The van der Waals surface area contributed by atoms with Crippen molar-refractivity contribution in [2.24, 2.45) is 0 Å². The lowest BCUT2D eigenvalue weighted by Gasteiger charge is -2.38. The fourth-order valence-corrected chi connectivity index (χ4v) is 4.15. The van der Waals surface area contributed by atoms with Crippen molar-refractivity contribution in [3.05, 3.63) is 75.8 Å². The van der Waals surface area contributed by atoms with Gasteiger partial charge in [0, 0.05) is 18.1 Å². The molecule has 0 radical (unpaired) electrons. The number of carbonyl (C=O) groups excluding carboxylic acids is 1. The molecule has 7 nitrogen and oxygen atoms in total. The van der Waals surface area contributed by atoms with E-state index in [4.69, 9.17) is 11.6 Å². The number of aliphatic hydroxyl groups is 2. The van der Waals surface area contributed by atoms with Crippen LogP contribution in [0.1, 0.15) is 30.9 Å². The van der Waals surface area contributed by atoms with Crippen LogP contribution in [0.3, 0.4) is 0 Å². The largest absolute Gasteiger partial charge is 0.388 e. The highest BCUT2D eigenvalue weighted by atomic mass is 35.5. The summed E-state index contributed by atoms with van der Waals surface area (Å²) in [6.07, 6.45) is 1.24. The summed E-state index contributed by atoms with van der Waals surface area (Å²) in [7, 11) is 0. The van der Waals surface area contributed by atoms with Gasteiger partial charge in [-0.1, -0.05) is 41.9 Å². The number of hydrogen-bond donors (Lipinski definition) is 2. The van der Waals surface area contributed by atoms with Crippen LogP contribution >= 0.6 is 11.6 Å². The number of likely N-dealkylation sites (tertiary alicyclic amines) is 1. The predicted molar refractivity (Wildman–Crippen MR) is 118 cm³/mol. The summed E-state index contributed by atoms with van der Waals surface area (Å²) in [6.45, 7) is 0.830. The molecule has 2 heterocycles. The lowest BCUT2D eigenvalue weighted by Crippen LogP contribution is -2.49. The number of aliphatic hydroxyl groups excluding tert-OH is 1. The molecule has 31 heavy (non-hydrogen) atoms. The third-order valence-electron chi connectivity index (χ3n) is 5.85. The van der Waals surface area contributed by atoms with E-state index >= 15 is 0 Å². The molecule has 1 aliphatic rings. The van der Waals surface area contributed by atoms with Gasteiger partial charge in [-0.3, -0.25) is 14.2 Å². The second-order valence-corrected chi connectivity index (χ2v) is 8.51. The van der Waals surface area contributed by atoms with Gasteiger partial charge in [-0.15, -0.1) is 0 Å². The van der Waals surface area contributed by atoms with Crippen LogP contribution in [0.15, 0.2) is 59.7 Å². The van der Waals surface area contributed by atoms with Crippen LogP contribution in [0.4, 0.5) is 0 Å². The molecule has 0 aliphatic carbocycles. The first kappa shape index (κ1) is 21.5. The van der Waals surface area contributed by atoms with E-state index in [1.807, 2.05) is 18.2 Å². The summed E-state index contributed by atoms with van der Waals surface area (Å²) in [6, 6.07) is 14.0. The van der Waals surface area contributed by atoms with Crippen molar-refractivity contribution in [2.75, 3.05) is 13.1 Å². The monoisotopic (exact) mass is 441 g/mol. The van der Waals surface area contributed by atoms with E-state index in [1.54, 1.807) is 35.2 Å². The first-order valence-electron chi connectivity index (χ1n) is 10.2. The smallest absolute Gasteiger partial charge is 0.261 e. The maximum Gasteiger partial charge on any atom is 0.261 e. The Balaban J connectivity index is 1.39. The van der Waals surface area contributed by atoms with E-state index in [-0.39, 0.29) is 24.4 Å². The van der Waals surface area contributed by atoms with Crippen molar-refractivity contribution in [1.82, 2.24) is 14.5 Å². The van der Waals surface area contributed by atoms with Gasteiger partial charge in [0.2, 0.25) is 5.91 Å². The Morgan fingerprint density at radius 2 is 1.87 bits per heavy atom. The topological polar surface area (TPSA) is 95.7 Å². The lowest BCUT2D eigenvalue weighted by molar-refractivity contribution is -0.138. The van der Waals surface area contributed by atoms with Crippen molar-refractivity contribution in [1.29, 1.82) is 0 Å². The number of halogens is 1. The van der Waals surface area contributed by atoms with Crippen LogP contribution in [-0.2, 0) is 11.3 Å². The van der Waals surface area contributed by atoms with Crippen LogP contribution in [0.25, 0.3) is 10.9 Å². The molecule has 1 fully saturated rings. The summed E-state index contributed by atoms with van der Waals surface area (Å²) in [5.41, 5.74) is -0.132. The number of nitrogens with zero attached hydrogens (tertiary/aromatic N) is 3. The molecular formula is C23H24ClN3O4. The lowest BCUT2D eigenvalue weighted by atomic mass is 9.90. The summed E-state index contributed by atoms with van der Waals surface area (Å²) in [5.74, 6) is -0.153. The van der Waals surface area contributed by atoms with Crippen LogP contribution in [-0.4, -0.2) is 49.3 Å². The molecule has 0 spiro atoms. The van der Waals surface area contributed by atoms with E-state index < -0.39 is 11.7 Å². The zero-order chi connectivity index (χ0) is 22.0. The summed E-state index contributed by atoms with van der Waals surface area (Å²) in [5, 5.41) is 22.3. The van der Waals surface area contributed by atoms with Gasteiger partial charge in [0.1, 0.15) is 0 Å². The molecule has 0 bridgehead atoms. The Morgan fingerprint density at radius 3 is 2.58 bits per heavy atom. The Morgan fingerprint density at radius 1 is 1.16 bits per heavy atom. The van der Waals surface area contributed by atoms with E-state index in [0.29, 0.717) is 47.4 Å². The first-order chi connectivity index (χ1) is 14.8. The molecule has 0 saturated carbocycles. The molecule has 1 aromatic heterocycles. The van der Waals surface area contributed by atoms with Crippen LogP contribution < -0.4 is 5.56 Å². The second kappa shape index (κ2) is 8.78. The van der Waals surface area contributed by atoms with Gasteiger partial charge in [-0.05, 0) is 36.6 Å². The number of carbonyl (C=O) groups is 1. The molecule has 1 atom stereocenters. The quantitative estimate of drug-likeness (QED) is 0.634. The number of amides is 1. The fourth-order valence-electron chi connectivity index (χ4n) is 3.98. The van der Waals surface area contributed by atoms with E-state index in [1.165, 1.54) is 10.9 Å². The normalized spacial score (nSPS) is 16.9. The number of benzene rings is 2.